The third-order valence-electron chi connectivity index (χ3n) is 7.11. The van der Waals surface area contributed by atoms with Crippen molar-refractivity contribution in [2.75, 3.05) is 5.32 Å². The van der Waals surface area contributed by atoms with Crippen molar-refractivity contribution in [2.45, 2.75) is 33.2 Å². The Morgan fingerprint density at radius 3 is 2.33 bits per heavy atom. The largest absolute Gasteiger partial charge is 0.481 e. The molecule has 0 saturated carbocycles. The van der Waals surface area contributed by atoms with Gasteiger partial charge in [0.1, 0.15) is 17.2 Å². The lowest BCUT2D eigenvalue weighted by molar-refractivity contribution is -0.384. The summed E-state index contributed by atoms with van der Waals surface area (Å²) in [4.78, 5) is 40.7. The number of aliphatic carboxylic acids is 1. The van der Waals surface area contributed by atoms with Gasteiger partial charge < -0.3 is 15.7 Å². The molecule has 3 N–H and O–H groups in total. The standard InChI is InChI=1S/C32H29N5O5/c1-19-10-12-22(13-11-19)26(18-28(38)39)33-32(40)24-14-15-36-27(17-24)34-30(23-8-5-9-25(16-23)37(41)42)31(36)35-29-20(2)6-4-7-21(29)3/h4-17,26,35H,18H2,1-3H3,(H,33,40)(H,38,39). The normalized spacial score (nSPS) is 11.7. The average Bonchev–Trinajstić information content (AvgIpc) is 3.32. The van der Waals surface area contributed by atoms with Crippen molar-refractivity contribution in [2.24, 2.45) is 0 Å². The maximum Gasteiger partial charge on any atom is 0.305 e. The molecule has 10 heteroatoms. The number of aryl methyl sites for hydroxylation is 3. The highest BCUT2D eigenvalue weighted by atomic mass is 16.6. The Hall–Kier alpha value is -5.51. The Bertz CT molecular complexity index is 1810. The van der Waals surface area contributed by atoms with E-state index in [4.69, 9.17) is 4.98 Å². The molecule has 10 nitrogen and oxygen atoms in total. The zero-order valence-corrected chi connectivity index (χ0v) is 23.3. The Morgan fingerprint density at radius 2 is 1.67 bits per heavy atom. The van der Waals surface area contributed by atoms with E-state index in [9.17, 15) is 24.8 Å². The SMILES string of the molecule is Cc1ccc(C(CC(=O)O)NC(=O)c2ccn3c(Nc4c(C)cccc4C)c(-c4cccc([N+](=O)[O-])c4)nc3c2)cc1. The van der Waals surface area contributed by atoms with Crippen LogP contribution in [0.15, 0.2) is 85.1 Å². The molecule has 0 bridgehead atoms. The number of rotatable bonds is 9. The number of nitrogens with one attached hydrogen (secondary N) is 2. The third-order valence-corrected chi connectivity index (χ3v) is 7.11. The first kappa shape index (κ1) is 28.0. The molecule has 0 aliphatic heterocycles. The minimum absolute atomic E-state index is 0.0665. The van der Waals surface area contributed by atoms with Gasteiger partial charge in [0.2, 0.25) is 0 Å². The number of imidazole rings is 1. The van der Waals surface area contributed by atoms with Crippen LogP contribution in [0.5, 0.6) is 0 Å². The van der Waals surface area contributed by atoms with Crippen LogP contribution >= 0.6 is 0 Å². The minimum Gasteiger partial charge on any atom is -0.481 e. The van der Waals surface area contributed by atoms with Crippen LogP contribution in [0, 0.1) is 30.9 Å². The molecule has 0 aliphatic rings. The van der Waals surface area contributed by atoms with Gasteiger partial charge >= 0.3 is 5.97 Å². The average molecular weight is 564 g/mol. The van der Waals surface area contributed by atoms with Crippen LogP contribution in [-0.4, -0.2) is 31.3 Å². The summed E-state index contributed by atoms with van der Waals surface area (Å²) in [7, 11) is 0. The molecule has 0 saturated heterocycles. The van der Waals surface area contributed by atoms with Gasteiger partial charge in [-0.3, -0.25) is 24.1 Å². The lowest BCUT2D eigenvalue weighted by atomic mass is 10.0. The Morgan fingerprint density at radius 1 is 0.976 bits per heavy atom. The summed E-state index contributed by atoms with van der Waals surface area (Å²) in [6, 6.07) is 22.0. The van der Waals surface area contributed by atoms with E-state index >= 15 is 0 Å². The van der Waals surface area contributed by atoms with E-state index in [-0.39, 0.29) is 12.1 Å². The van der Waals surface area contributed by atoms with Crippen molar-refractivity contribution in [3.05, 3.63) is 123 Å². The number of hydrogen-bond acceptors (Lipinski definition) is 6. The summed E-state index contributed by atoms with van der Waals surface area (Å²) in [5, 5.41) is 27.3. The molecule has 42 heavy (non-hydrogen) atoms. The van der Waals surface area contributed by atoms with Gasteiger partial charge in [-0.2, -0.15) is 0 Å². The Labute approximate surface area is 241 Å². The molecule has 212 valence electrons. The van der Waals surface area contributed by atoms with Crippen LogP contribution in [0.1, 0.15) is 45.1 Å². The molecule has 2 heterocycles. The number of non-ortho nitro benzene ring substituents is 1. The molecular formula is C32H29N5O5. The molecule has 0 radical (unpaired) electrons. The van der Waals surface area contributed by atoms with Gasteiger partial charge in [0.15, 0.2) is 0 Å². The number of fused-ring (bicyclic) bond motifs is 1. The highest BCUT2D eigenvalue weighted by Gasteiger charge is 2.22. The van der Waals surface area contributed by atoms with Crippen LogP contribution in [-0.2, 0) is 4.79 Å². The highest BCUT2D eigenvalue weighted by Crippen LogP contribution is 2.35. The second-order valence-electron chi connectivity index (χ2n) is 10.2. The predicted molar refractivity (Wildman–Crippen MR) is 160 cm³/mol. The van der Waals surface area contributed by atoms with Gasteiger partial charge in [0.05, 0.1) is 17.4 Å². The van der Waals surface area contributed by atoms with E-state index in [2.05, 4.69) is 10.6 Å². The number of pyridine rings is 1. The van der Waals surface area contributed by atoms with Crippen molar-refractivity contribution < 1.29 is 19.6 Å². The lowest BCUT2D eigenvalue weighted by Gasteiger charge is -2.18. The summed E-state index contributed by atoms with van der Waals surface area (Å²) in [6.07, 6.45) is 1.42. The molecule has 1 atom stereocenters. The van der Waals surface area contributed by atoms with Gasteiger partial charge in [-0.05, 0) is 49.6 Å². The second-order valence-corrected chi connectivity index (χ2v) is 10.2. The van der Waals surface area contributed by atoms with Gasteiger partial charge in [0, 0.05) is 35.1 Å². The molecule has 0 aliphatic carbocycles. The fraction of sp³-hybridized carbons (Fsp3) is 0.156. The minimum atomic E-state index is -1.03. The number of nitrogens with zero attached hydrogens (tertiary/aromatic N) is 3. The number of carbonyl (C=O) groups excluding carboxylic acids is 1. The van der Waals surface area contributed by atoms with Gasteiger partial charge in [0.25, 0.3) is 11.6 Å². The summed E-state index contributed by atoms with van der Waals surface area (Å²) >= 11 is 0. The summed E-state index contributed by atoms with van der Waals surface area (Å²) < 4.78 is 1.78. The molecular weight excluding hydrogens is 534 g/mol. The van der Waals surface area contributed by atoms with Crippen molar-refractivity contribution in [3.63, 3.8) is 0 Å². The molecule has 1 amide bonds. The fourth-order valence-electron chi connectivity index (χ4n) is 4.87. The summed E-state index contributed by atoms with van der Waals surface area (Å²) in [5.41, 5.74) is 6.27. The van der Waals surface area contributed by atoms with Crippen molar-refractivity contribution in [1.82, 2.24) is 14.7 Å². The van der Waals surface area contributed by atoms with E-state index in [1.54, 1.807) is 47.0 Å². The topological polar surface area (TPSA) is 139 Å². The quantitative estimate of drug-likeness (QED) is 0.137. The number of aromatic nitrogens is 2. The van der Waals surface area contributed by atoms with E-state index < -0.39 is 22.8 Å². The Kier molecular flexibility index (Phi) is 7.70. The number of para-hydroxylation sites is 1. The van der Waals surface area contributed by atoms with E-state index in [0.717, 1.165) is 22.4 Å². The fourth-order valence-corrected chi connectivity index (χ4v) is 4.87. The first-order valence-electron chi connectivity index (χ1n) is 13.3. The highest BCUT2D eigenvalue weighted by molar-refractivity contribution is 5.96. The Balaban J connectivity index is 1.57. The number of hydrogen-bond donors (Lipinski definition) is 3. The molecule has 3 aromatic carbocycles. The molecule has 0 fully saturated rings. The molecule has 0 spiro atoms. The number of carboxylic acid groups (broad SMARTS) is 1. The van der Waals surface area contributed by atoms with Crippen molar-refractivity contribution in [1.29, 1.82) is 0 Å². The van der Waals surface area contributed by atoms with E-state index in [0.29, 0.717) is 33.8 Å². The zero-order valence-electron chi connectivity index (χ0n) is 23.3. The van der Waals surface area contributed by atoms with Gasteiger partial charge in [-0.1, -0.05) is 60.2 Å². The van der Waals surface area contributed by atoms with Crippen molar-refractivity contribution >= 4 is 34.7 Å². The molecule has 1 unspecified atom stereocenters. The first-order valence-corrected chi connectivity index (χ1v) is 13.3. The smallest absolute Gasteiger partial charge is 0.305 e. The van der Waals surface area contributed by atoms with Crippen LogP contribution in [0.25, 0.3) is 16.9 Å². The number of amides is 1. The number of carbonyl (C=O) groups is 2. The van der Waals surface area contributed by atoms with Gasteiger partial charge in [-0.15, -0.1) is 0 Å². The molecule has 5 aromatic rings. The van der Waals surface area contributed by atoms with E-state index in [1.807, 2.05) is 51.1 Å². The molecule has 2 aromatic heterocycles. The number of benzene rings is 3. The second kappa shape index (κ2) is 11.5. The maximum absolute atomic E-state index is 13.4. The van der Waals surface area contributed by atoms with Crippen LogP contribution in [0.4, 0.5) is 17.2 Å². The lowest BCUT2D eigenvalue weighted by Crippen LogP contribution is -2.30. The van der Waals surface area contributed by atoms with E-state index in [1.165, 1.54) is 12.1 Å². The summed E-state index contributed by atoms with van der Waals surface area (Å²) in [5.74, 6) is -0.903. The van der Waals surface area contributed by atoms with Crippen molar-refractivity contribution in [3.8, 4) is 11.3 Å². The predicted octanol–water partition coefficient (Wildman–Crippen LogP) is 6.52. The maximum atomic E-state index is 13.4. The number of nitro benzene ring substituents is 1. The number of carboxylic acids is 1. The van der Waals surface area contributed by atoms with Gasteiger partial charge in [-0.25, -0.2) is 4.98 Å². The monoisotopic (exact) mass is 563 g/mol. The summed E-state index contributed by atoms with van der Waals surface area (Å²) in [6.45, 7) is 5.89. The third kappa shape index (κ3) is 5.83. The molecule has 5 rings (SSSR count). The van der Waals surface area contributed by atoms with Crippen LogP contribution in [0.2, 0.25) is 0 Å². The first-order chi connectivity index (χ1) is 20.1. The number of nitro groups is 1. The van der Waals surface area contributed by atoms with Crippen LogP contribution < -0.4 is 10.6 Å². The number of anilines is 2. The zero-order chi connectivity index (χ0) is 30.0. The van der Waals surface area contributed by atoms with Crippen LogP contribution in [0.3, 0.4) is 0 Å².